The van der Waals surface area contributed by atoms with Crippen molar-refractivity contribution in [2.75, 3.05) is 0 Å². The van der Waals surface area contributed by atoms with Crippen LogP contribution in [0.3, 0.4) is 0 Å². The second-order valence-corrected chi connectivity index (χ2v) is 12.1. The summed E-state index contributed by atoms with van der Waals surface area (Å²) in [7, 11) is 0. The number of para-hydroxylation sites is 1. The lowest BCUT2D eigenvalue weighted by Crippen LogP contribution is -1.96. The highest BCUT2D eigenvalue weighted by Crippen LogP contribution is 2.36. The molecule has 0 aliphatic rings. The fourth-order valence-corrected chi connectivity index (χ4v) is 6.66. The van der Waals surface area contributed by atoms with Crippen molar-refractivity contribution >= 4 is 21.8 Å². The molecular formula is C45H30N4. The highest BCUT2D eigenvalue weighted by atomic mass is 15.0. The maximum Gasteiger partial charge on any atom is 0.160 e. The first-order valence-corrected chi connectivity index (χ1v) is 16.4. The summed E-state index contributed by atoms with van der Waals surface area (Å²) < 4.78 is 2.30. The maximum atomic E-state index is 5.19. The van der Waals surface area contributed by atoms with Crippen LogP contribution in [0.2, 0.25) is 0 Å². The Labute approximate surface area is 284 Å². The Bertz CT molecular complexity index is 2450. The lowest BCUT2D eigenvalue weighted by atomic mass is 10.0. The molecule has 0 spiro atoms. The number of benzene rings is 6. The molecule has 0 saturated heterocycles. The van der Waals surface area contributed by atoms with Crippen molar-refractivity contribution in [3.05, 3.63) is 182 Å². The first-order chi connectivity index (χ1) is 24.3. The highest BCUT2D eigenvalue weighted by Gasteiger charge is 2.16. The van der Waals surface area contributed by atoms with Crippen LogP contribution < -0.4 is 0 Å². The molecule has 9 rings (SSSR count). The van der Waals surface area contributed by atoms with Crippen LogP contribution in [0.25, 0.3) is 83.6 Å². The number of nitrogens with zero attached hydrogens (tertiary/aromatic N) is 4. The van der Waals surface area contributed by atoms with Crippen LogP contribution in [0, 0.1) is 0 Å². The zero-order valence-electron chi connectivity index (χ0n) is 26.6. The summed E-state index contributed by atoms with van der Waals surface area (Å²) >= 11 is 0. The van der Waals surface area contributed by atoms with Crippen LogP contribution in [-0.2, 0) is 0 Å². The van der Waals surface area contributed by atoms with E-state index in [9.17, 15) is 0 Å². The monoisotopic (exact) mass is 626 g/mol. The molecule has 3 heterocycles. The lowest BCUT2D eigenvalue weighted by Gasteiger charge is -2.11. The fourth-order valence-electron chi connectivity index (χ4n) is 6.66. The molecule has 3 aromatic heterocycles. The normalized spacial score (nSPS) is 11.3. The first-order valence-electron chi connectivity index (χ1n) is 16.4. The average molecular weight is 627 g/mol. The SMILES string of the molecule is c1ccc(-c2ccc(-c3cc(-c4ccc5c(c4)c4cnccc4n5-c4ccccc4)nc(-c4ccc(-c5ccccc5)cc4)n3)cc2)cc1. The Morgan fingerprint density at radius 2 is 0.857 bits per heavy atom. The molecule has 0 N–H and O–H groups in total. The molecule has 230 valence electrons. The summed E-state index contributed by atoms with van der Waals surface area (Å²) in [5, 5.41) is 2.23. The van der Waals surface area contributed by atoms with Gasteiger partial charge in [0.15, 0.2) is 5.82 Å². The Morgan fingerprint density at radius 1 is 0.367 bits per heavy atom. The van der Waals surface area contributed by atoms with Crippen molar-refractivity contribution < 1.29 is 0 Å². The number of pyridine rings is 1. The van der Waals surface area contributed by atoms with Gasteiger partial charge in [-0.1, -0.05) is 133 Å². The average Bonchev–Trinajstić information content (AvgIpc) is 3.52. The fraction of sp³-hybridized carbons (Fsp3) is 0. The smallest absolute Gasteiger partial charge is 0.160 e. The molecule has 9 aromatic rings. The molecule has 0 saturated carbocycles. The van der Waals surface area contributed by atoms with E-state index in [0.29, 0.717) is 5.82 Å². The quantitative estimate of drug-likeness (QED) is 0.184. The van der Waals surface area contributed by atoms with E-state index in [1.165, 1.54) is 16.7 Å². The molecule has 49 heavy (non-hydrogen) atoms. The minimum absolute atomic E-state index is 0.688. The summed E-state index contributed by atoms with van der Waals surface area (Å²) in [6.45, 7) is 0. The molecular weight excluding hydrogens is 597 g/mol. The van der Waals surface area contributed by atoms with E-state index in [1.54, 1.807) is 0 Å². The van der Waals surface area contributed by atoms with Crippen LogP contribution in [0.4, 0.5) is 0 Å². The van der Waals surface area contributed by atoms with Gasteiger partial charge in [0.2, 0.25) is 0 Å². The molecule has 4 nitrogen and oxygen atoms in total. The molecule has 0 amide bonds. The third-order valence-corrected chi connectivity index (χ3v) is 9.14. The maximum absolute atomic E-state index is 5.19. The highest BCUT2D eigenvalue weighted by molar-refractivity contribution is 6.10. The Hall–Kier alpha value is -6.65. The third kappa shape index (κ3) is 5.35. The molecule has 0 bridgehead atoms. The molecule has 0 aliphatic carbocycles. The Kier molecular flexibility index (Phi) is 7.10. The van der Waals surface area contributed by atoms with E-state index >= 15 is 0 Å². The van der Waals surface area contributed by atoms with Gasteiger partial charge in [0.05, 0.1) is 22.4 Å². The largest absolute Gasteiger partial charge is 0.309 e. The predicted octanol–water partition coefficient (Wildman–Crippen LogP) is 11.3. The van der Waals surface area contributed by atoms with Gasteiger partial charge in [0.1, 0.15) is 0 Å². The summed E-state index contributed by atoms with van der Waals surface area (Å²) in [6, 6.07) is 59.3. The summed E-state index contributed by atoms with van der Waals surface area (Å²) in [5.41, 5.74) is 12.8. The van der Waals surface area contributed by atoms with Gasteiger partial charge in [-0.15, -0.1) is 0 Å². The summed E-state index contributed by atoms with van der Waals surface area (Å²) in [4.78, 5) is 14.8. The van der Waals surface area contributed by atoms with E-state index in [4.69, 9.17) is 9.97 Å². The van der Waals surface area contributed by atoms with Gasteiger partial charge >= 0.3 is 0 Å². The van der Waals surface area contributed by atoms with Crippen molar-refractivity contribution in [1.29, 1.82) is 0 Å². The van der Waals surface area contributed by atoms with Crippen molar-refractivity contribution in [1.82, 2.24) is 19.5 Å². The minimum atomic E-state index is 0.688. The number of rotatable bonds is 6. The van der Waals surface area contributed by atoms with Gasteiger partial charge in [0.25, 0.3) is 0 Å². The number of aromatic nitrogens is 4. The van der Waals surface area contributed by atoms with E-state index in [-0.39, 0.29) is 0 Å². The van der Waals surface area contributed by atoms with Crippen LogP contribution >= 0.6 is 0 Å². The molecule has 0 unspecified atom stereocenters. The first kappa shape index (κ1) is 28.6. The van der Waals surface area contributed by atoms with Gasteiger partial charge in [-0.25, -0.2) is 9.97 Å². The molecule has 6 aromatic carbocycles. The van der Waals surface area contributed by atoms with Gasteiger partial charge < -0.3 is 4.57 Å². The zero-order valence-corrected chi connectivity index (χ0v) is 26.6. The van der Waals surface area contributed by atoms with Gasteiger partial charge in [-0.3, -0.25) is 4.98 Å². The molecule has 4 heteroatoms. The van der Waals surface area contributed by atoms with E-state index in [1.807, 2.05) is 30.6 Å². The Balaban J connectivity index is 1.19. The number of fused-ring (bicyclic) bond motifs is 3. The van der Waals surface area contributed by atoms with Crippen LogP contribution in [0.15, 0.2) is 182 Å². The zero-order chi connectivity index (χ0) is 32.6. The van der Waals surface area contributed by atoms with Crippen LogP contribution in [0.1, 0.15) is 0 Å². The number of hydrogen-bond acceptors (Lipinski definition) is 3. The second kappa shape index (κ2) is 12.2. The molecule has 0 aliphatic heterocycles. The third-order valence-electron chi connectivity index (χ3n) is 9.14. The van der Waals surface area contributed by atoms with Crippen LogP contribution in [-0.4, -0.2) is 19.5 Å². The summed E-state index contributed by atoms with van der Waals surface area (Å²) in [5.74, 6) is 0.688. The van der Waals surface area contributed by atoms with Gasteiger partial charge in [-0.05, 0) is 58.7 Å². The van der Waals surface area contributed by atoms with Gasteiger partial charge in [-0.2, -0.15) is 0 Å². The topological polar surface area (TPSA) is 43.6 Å². The molecule has 0 fully saturated rings. The lowest BCUT2D eigenvalue weighted by molar-refractivity contribution is 1.17. The standard InChI is InChI=1S/C45H30N4/c1-4-10-31(11-5-1)33-16-20-35(21-17-33)41-29-42(48-45(47-41)36-22-18-34(19-23-36)32-12-6-2-7-13-32)37-24-25-43-39(28-37)40-30-46-27-26-44(40)49(43)38-14-8-3-9-15-38/h1-30H. The second-order valence-electron chi connectivity index (χ2n) is 12.1. The van der Waals surface area contributed by atoms with Crippen LogP contribution in [0.5, 0.6) is 0 Å². The number of hydrogen-bond donors (Lipinski definition) is 0. The predicted molar refractivity (Wildman–Crippen MR) is 201 cm³/mol. The van der Waals surface area contributed by atoms with E-state index in [2.05, 4.69) is 161 Å². The molecule has 0 atom stereocenters. The summed E-state index contributed by atoms with van der Waals surface area (Å²) in [6.07, 6.45) is 3.82. The van der Waals surface area contributed by atoms with Gasteiger partial charge in [0, 0.05) is 45.5 Å². The van der Waals surface area contributed by atoms with E-state index < -0.39 is 0 Å². The molecule has 0 radical (unpaired) electrons. The van der Waals surface area contributed by atoms with Crippen molar-refractivity contribution in [3.63, 3.8) is 0 Å². The van der Waals surface area contributed by atoms with E-state index in [0.717, 1.165) is 61.1 Å². The minimum Gasteiger partial charge on any atom is -0.309 e. The van der Waals surface area contributed by atoms with Crippen molar-refractivity contribution in [3.8, 4) is 61.8 Å². The van der Waals surface area contributed by atoms with Crippen molar-refractivity contribution in [2.24, 2.45) is 0 Å². The van der Waals surface area contributed by atoms with Crippen molar-refractivity contribution in [2.45, 2.75) is 0 Å². The Morgan fingerprint density at radius 3 is 1.49 bits per heavy atom.